The summed E-state index contributed by atoms with van der Waals surface area (Å²) in [7, 11) is 0. The van der Waals surface area contributed by atoms with Crippen molar-refractivity contribution in [1.82, 2.24) is 0 Å². The zero-order chi connectivity index (χ0) is 21.1. The minimum Gasteiger partial charge on any atom is -0.455 e. The molecule has 0 unspecified atom stereocenters. The Morgan fingerprint density at radius 3 is 2.73 bits per heavy atom. The Kier molecular flexibility index (Phi) is 5.34. The molecule has 0 saturated carbocycles. The van der Waals surface area contributed by atoms with E-state index >= 15 is 0 Å². The molecule has 0 fully saturated rings. The number of ketones is 1. The van der Waals surface area contributed by atoms with E-state index in [9.17, 15) is 14.4 Å². The molecule has 0 atom stereocenters. The molecule has 0 saturated heterocycles. The average Bonchev–Trinajstić information content (AvgIpc) is 3.35. The highest BCUT2D eigenvalue weighted by atomic mass is 16.7. The average molecular weight is 410 g/mol. The van der Waals surface area contributed by atoms with Crippen molar-refractivity contribution in [2.24, 2.45) is 5.16 Å². The Labute approximate surface area is 171 Å². The third-order valence-electron chi connectivity index (χ3n) is 4.59. The molecule has 2 aliphatic heterocycles. The van der Waals surface area contributed by atoms with Crippen LogP contribution in [0.2, 0.25) is 0 Å². The van der Waals surface area contributed by atoms with Crippen molar-refractivity contribution in [3.8, 4) is 11.5 Å². The molecule has 0 aliphatic carbocycles. The first kappa shape index (κ1) is 19.4. The second-order valence-electron chi connectivity index (χ2n) is 6.70. The van der Waals surface area contributed by atoms with Crippen LogP contribution in [0, 0.1) is 0 Å². The fourth-order valence-corrected chi connectivity index (χ4v) is 3.03. The van der Waals surface area contributed by atoms with Crippen LogP contribution in [0.3, 0.4) is 0 Å². The maximum atomic E-state index is 12.2. The largest absolute Gasteiger partial charge is 0.455 e. The number of esters is 1. The van der Waals surface area contributed by atoms with Gasteiger partial charge in [-0.15, -0.1) is 0 Å². The molecule has 2 heterocycles. The summed E-state index contributed by atoms with van der Waals surface area (Å²) in [5.74, 6) is 0.0718. The first-order chi connectivity index (χ1) is 14.5. The number of benzene rings is 2. The minimum absolute atomic E-state index is 0.116. The number of rotatable bonds is 7. The van der Waals surface area contributed by atoms with Crippen molar-refractivity contribution in [3.63, 3.8) is 0 Å². The molecule has 30 heavy (non-hydrogen) atoms. The van der Waals surface area contributed by atoms with Crippen molar-refractivity contribution in [2.45, 2.75) is 13.3 Å². The minimum atomic E-state index is -0.719. The Bertz CT molecular complexity index is 1060. The molecule has 0 spiro atoms. The predicted octanol–water partition coefficient (Wildman–Crippen LogP) is 2.08. The van der Waals surface area contributed by atoms with Gasteiger partial charge in [-0.3, -0.25) is 9.59 Å². The third-order valence-corrected chi connectivity index (χ3v) is 4.59. The van der Waals surface area contributed by atoms with Gasteiger partial charge in [0.25, 0.3) is 0 Å². The highest BCUT2D eigenvalue weighted by molar-refractivity contribution is 6.03. The summed E-state index contributed by atoms with van der Waals surface area (Å²) in [5, 5.41) is 6.58. The summed E-state index contributed by atoms with van der Waals surface area (Å²) in [6.07, 6.45) is 0.227. The number of ether oxygens (including phenoxy) is 3. The molecule has 0 aromatic heterocycles. The molecule has 2 aliphatic rings. The topological polar surface area (TPSA) is 113 Å². The Morgan fingerprint density at radius 1 is 1.07 bits per heavy atom. The van der Waals surface area contributed by atoms with Gasteiger partial charge < -0.3 is 24.4 Å². The van der Waals surface area contributed by atoms with Crippen LogP contribution in [0.25, 0.3) is 0 Å². The van der Waals surface area contributed by atoms with Gasteiger partial charge in [-0.25, -0.2) is 4.79 Å². The number of fused-ring (bicyclic) bond motifs is 2. The number of anilines is 1. The highest BCUT2D eigenvalue weighted by Gasteiger charge is 2.20. The summed E-state index contributed by atoms with van der Waals surface area (Å²) in [6.45, 7) is 1.04. The molecule has 2 aromatic carbocycles. The van der Waals surface area contributed by atoms with Gasteiger partial charge in [0.1, 0.15) is 0 Å². The van der Waals surface area contributed by atoms with Crippen LogP contribution in [-0.2, 0) is 25.6 Å². The van der Waals surface area contributed by atoms with Gasteiger partial charge in [-0.2, -0.15) is 0 Å². The number of Topliss-reactive ketones (excluding diaryl/α,β-unsaturated/α-hetero) is 1. The van der Waals surface area contributed by atoms with E-state index in [0.717, 1.165) is 11.1 Å². The third kappa shape index (κ3) is 4.24. The van der Waals surface area contributed by atoms with Gasteiger partial charge in [0.15, 0.2) is 23.9 Å². The first-order valence-electron chi connectivity index (χ1n) is 9.18. The van der Waals surface area contributed by atoms with Crippen LogP contribution in [0.15, 0.2) is 41.6 Å². The molecule has 1 N–H and O–H groups in total. The van der Waals surface area contributed by atoms with E-state index < -0.39 is 19.2 Å². The standard InChI is InChI=1S/C21H18N2O7/c1-12(13-3-5-18-19(7-13)29-11-28-18)23-30-10-21(26)27-9-17(24)14-2-4-16-15(6-14)8-20(25)22-16/h2-7H,8-11H2,1H3,(H,22,25)/b23-12-. The number of hydrogen-bond acceptors (Lipinski definition) is 8. The van der Waals surface area contributed by atoms with E-state index in [1.165, 1.54) is 0 Å². The molecular formula is C21H18N2O7. The number of amides is 1. The molecule has 4 rings (SSSR count). The van der Waals surface area contributed by atoms with E-state index in [1.54, 1.807) is 43.3 Å². The predicted molar refractivity (Wildman–Crippen MR) is 105 cm³/mol. The summed E-state index contributed by atoms with van der Waals surface area (Å²) in [4.78, 5) is 40.4. The number of carbonyl (C=O) groups is 3. The van der Waals surface area contributed by atoms with Crippen LogP contribution in [0.5, 0.6) is 11.5 Å². The van der Waals surface area contributed by atoms with Crippen molar-refractivity contribution >= 4 is 29.1 Å². The van der Waals surface area contributed by atoms with Gasteiger partial charge in [0.05, 0.1) is 12.1 Å². The lowest BCUT2D eigenvalue weighted by molar-refractivity contribution is -0.147. The van der Waals surface area contributed by atoms with Crippen LogP contribution < -0.4 is 14.8 Å². The lowest BCUT2D eigenvalue weighted by Gasteiger charge is -2.06. The monoisotopic (exact) mass is 410 g/mol. The Morgan fingerprint density at radius 2 is 1.87 bits per heavy atom. The lowest BCUT2D eigenvalue weighted by atomic mass is 10.1. The Balaban J connectivity index is 1.25. The van der Waals surface area contributed by atoms with E-state index in [4.69, 9.17) is 19.0 Å². The van der Waals surface area contributed by atoms with Crippen molar-refractivity contribution in [1.29, 1.82) is 0 Å². The van der Waals surface area contributed by atoms with E-state index in [0.29, 0.717) is 28.5 Å². The number of nitrogens with zero attached hydrogens (tertiary/aromatic N) is 1. The van der Waals surface area contributed by atoms with Crippen molar-refractivity contribution < 1.29 is 33.4 Å². The number of nitrogens with one attached hydrogen (secondary N) is 1. The molecule has 2 aromatic rings. The van der Waals surface area contributed by atoms with Crippen LogP contribution in [0.1, 0.15) is 28.4 Å². The summed E-state index contributed by atoms with van der Waals surface area (Å²) in [6, 6.07) is 10.2. The highest BCUT2D eigenvalue weighted by Crippen LogP contribution is 2.32. The molecular weight excluding hydrogens is 392 g/mol. The van der Waals surface area contributed by atoms with E-state index in [2.05, 4.69) is 10.5 Å². The summed E-state index contributed by atoms with van der Waals surface area (Å²) >= 11 is 0. The van der Waals surface area contributed by atoms with Crippen molar-refractivity contribution in [3.05, 3.63) is 53.1 Å². The zero-order valence-corrected chi connectivity index (χ0v) is 16.1. The fraction of sp³-hybridized carbons (Fsp3) is 0.238. The molecule has 1 amide bonds. The second-order valence-corrected chi connectivity index (χ2v) is 6.70. The van der Waals surface area contributed by atoms with E-state index in [-0.39, 0.29) is 24.9 Å². The molecule has 154 valence electrons. The lowest BCUT2D eigenvalue weighted by Crippen LogP contribution is -2.17. The molecule has 9 heteroatoms. The molecule has 0 bridgehead atoms. The smallest absolute Gasteiger partial charge is 0.347 e. The maximum absolute atomic E-state index is 12.2. The summed E-state index contributed by atoms with van der Waals surface area (Å²) < 4.78 is 15.5. The normalized spacial score (nSPS) is 14.2. The van der Waals surface area contributed by atoms with Gasteiger partial charge in [-0.1, -0.05) is 5.16 Å². The van der Waals surface area contributed by atoms with Gasteiger partial charge in [0, 0.05) is 16.8 Å². The second kappa shape index (κ2) is 8.24. The van der Waals surface area contributed by atoms with E-state index in [1.807, 2.05) is 0 Å². The fourth-order valence-electron chi connectivity index (χ4n) is 3.03. The molecule has 0 radical (unpaired) electrons. The Hall–Kier alpha value is -3.88. The first-order valence-corrected chi connectivity index (χ1v) is 9.18. The number of oxime groups is 1. The number of hydrogen-bond donors (Lipinski definition) is 1. The zero-order valence-electron chi connectivity index (χ0n) is 16.1. The maximum Gasteiger partial charge on any atom is 0.347 e. The quantitative estimate of drug-likeness (QED) is 0.322. The van der Waals surface area contributed by atoms with Crippen molar-refractivity contribution in [2.75, 3.05) is 25.3 Å². The van der Waals surface area contributed by atoms with Gasteiger partial charge in [-0.05, 0) is 48.9 Å². The SMILES string of the molecule is C/C(=N/OCC(=O)OCC(=O)c1ccc2c(c1)CC(=O)N2)c1ccc2c(c1)OCO2. The molecule has 9 nitrogen and oxygen atoms in total. The summed E-state index contributed by atoms with van der Waals surface area (Å²) in [5.41, 5.74) is 3.10. The van der Waals surface area contributed by atoms with Crippen LogP contribution >= 0.6 is 0 Å². The van der Waals surface area contributed by atoms with Gasteiger partial charge >= 0.3 is 5.97 Å². The van der Waals surface area contributed by atoms with Crippen LogP contribution in [-0.4, -0.2) is 43.4 Å². The van der Waals surface area contributed by atoms with Crippen LogP contribution in [0.4, 0.5) is 5.69 Å². The van der Waals surface area contributed by atoms with Gasteiger partial charge in [0.2, 0.25) is 19.3 Å². The number of carbonyl (C=O) groups excluding carboxylic acids is 3.